The number of rotatable bonds is 1. The molecule has 7 heteroatoms. The van der Waals surface area contributed by atoms with E-state index in [4.69, 9.17) is 23.2 Å². The normalized spacial score (nSPS) is 10.0. The zero-order chi connectivity index (χ0) is 10.9. The Morgan fingerprint density at radius 3 is 2.07 bits per heavy atom. The SMILES string of the molecule is CC(=O)N(C(C)=O)c1nc(Cl)sc1Cl. The van der Waals surface area contributed by atoms with Gasteiger partial charge in [-0.3, -0.25) is 9.59 Å². The summed E-state index contributed by atoms with van der Waals surface area (Å²) in [7, 11) is 0. The number of nitrogens with zero attached hydrogens (tertiary/aromatic N) is 2. The Morgan fingerprint density at radius 1 is 1.29 bits per heavy atom. The summed E-state index contributed by atoms with van der Waals surface area (Å²) in [5.41, 5.74) is 0. The molecule has 0 aliphatic rings. The molecule has 76 valence electrons. The summed E-state index contributed by atoms with van der Waals surface area (Å²) in [5, 5.41) is 0. The van der Waals surface area contributed by atoms with Crippen LogP contribution in [0.4, 0.5) is 5.82 Å². The van der Waals surface area contributed by atoms with E-state index in [2.05, 4.69) is 4.98 Å². The molecule has 0 atom stereocenters. The average molecular weight is 253 g/mol. The third kappa shape index (κ3) is 2.23. The third-order valence-corrected chi connectivity index (χ3v) is 2.72. The Morgan fingerprint density at radius 2 is 1.79 bits per heavy atom. The van der Waals surface area contributed by atoms with Crippen LogP contribution in [0.25, 0.3) is 0 Å². The molecule has 0 radical (unpaired) electrons. The highest BCUT2D eigenvalue weighted by atomic mass is 35.5. The fraction of sp³-hybridized carbons (Fsp3) is 0.286. The fourth-order valence-electron chi connectivity index (χ4n) is 0.928. The molecule has 0 aromatic carbocycles. The molecule has 0 aliphatic heterocycles. The minimum atomic E-state index is -0.443. The molecule has 1 rings (SSSR count). The Balaban J connectivity index is 3.18. The number of carbonyl (C=O) groups excluding carboxylic acids is 2. The number of anilines is 1. The van der Waals surface area contributed by atoms with Crippen LogP contribution in [0.3, 0.4) is 0 Å². The van der Waals surface area contributed by atoms with Crippen LogP contribution in [-0.4, -0.2) is 16.8 Å². The topological polar surface area (TPSA) is 50.3 Å². The largest absolute Gasteiger partial charge is 0.274 e. The number of thiazole rings is 1. The lowest BCUT2D eigenvalue weighted by molar-refractivity contribution is -0.124. The Hall–Kier alpha value is -0.650. The lowest BCUT2D eigenvalue weighted by Gasteiger charge is -2.13. The van der Waals surface area contributed by atoms with Crippen LogP contribution in [0.1, 0.15) is 13.8 Å². The van der Waals surface area contributed by atoms with E-state index < -0.39 is 11.8 Å². The van der Waals surface area contributed by atoms with Crippen LogP contribution in [0.15, 0.2) is 0 Å². The summed E-state index contributed by atoms with van der Waals surface area (Å²) >= 11 is 12.4. The van der Waals surface area contributed by atoms with E-state index in [1.807, 2.05) is 0 Å². The van der Waals surface area contributed by atoms with Crippen molar-refractivity contribution in [3.8, 4) is 0 Å². The standard InChI is InChI=1S/C7H6Cl2N2O2S/c1-3(12)11(4(2)13)6-5(8)14-7(9)10-6/h1-2H3. The van der Waals surface area contributed by atoms with Crippen molar-refractivity contribution < 1.29 is 9.59 Å². The summed E-state index contributed by atoms with van der Waals surface area (Å²) in [5.74, 6) is -0.788. The molecule has 0 N–H and O–H groups in total. The van der Waals surface area contributed by atoms with Crippen LogP contribution >= 0.6 is 34.5 Å². The molecule has 2 amide bonds. The average Bonchev–Trinajstić information content (AvgIpc) is 2.29. The van der Waals surface area contributed by atoms with E-state index in [0.29, 0.717) is 0 Å². The summed E-state index contributed by atoms with van der Waals surface area (Å²) in [6, 6.07) is 0. The van der Waals surface area contributed by atoms with Gasteiger partial charge in [-0.2, -0.15) is 0 Å². The van der Waals surface area contributed by atoms with Crippen molar-refractivity contribution in [3.05, 3.63) is 8.80 Å². The first-order valence-corrected chi connectivity index (χ1v) is 5.13. The van der Waals surface area contributed by atoms with Crippen molar-refractivity contribution >= 4 is 52.2 Å². The van der Waals surface area contributed by atoms with Crippen molar-refractivity contribution in [2.45, 2.75) is 13.8 Å². The Labute approximate surface area is 94.4 Å². The minimum Gasteiger partial charge on any atom is -0.274 e. The van der Waals surface area contributed by atoms with Crippen LogP contribution in [-0.2, 0) is 9.59 Å². The van der Waals surface area contributed by atoms with Gasteiger partial charge in [-0.25, -0.2) is 9.88 Å². The quantitative estimate of drug-likeness (QED) is 0.771. The van der Waals surface area contributed by atoms with Crippen LogP contribution in [0, 0.1) is 0 Å². The second-order valence-corrected chi connectivity index (χ2v) is 4.62. The summed E-state index contributed by atoms with van der Waals surface area (Å²) in [6.07, 6.45) is 0. The van der Waals surface area contributed by atoms with Crippen molar-refractivity contribution in [3.63, 3.8) is 0 Å². The van der Waals surface area contributed by atoms with E-state index in [1.165, 1.54) is 13.8 Å². The first kappa shape index (κ1) is 11.4. The molecule has 0 unspecified atom stereocenters. The van der Waals surface area contributed by atoms with Crippen molar-refractivity contribution in [1.29, 1.82) is 0 Å². The van der Waals surface area contributed by atoms with Gasteiger partial charge >= 0.3 is 0 Å². The maximum absolute atomic E-state index is 11.1. The molecule has 4 nitrogen and oxygen atoms in total. The number of aromatic nitrogens is 1. The van der Waals surface area contributed by atoms with E-state index in [0.717, 1.165) is 16.2 Å². The van der Waals surface area contributed by atoms with Gasteiger partial charge in [0.1, 0.15) is 4.34 Å². The van der Waals surface area contributed by atoms with E-state index >= 15 is 0 Å². The van der Waals surface area contributed by atoms with Crippen LogP contribution in [0.5, 0.6) is 0 Å². The van der Waals surface area contributed by atoms with Gasteiger partial charge in [0, 0.05) is 13.8 Å². The van der Waals surface area contributed by atoms with Gasteiger partial charge < -0.3 is 0 Å². The first-order valence-electron chi connectivity index (χ1n) is 3.56. The second kappa shape index (κ2) is 4.25. The molecular formula is C7H6Cl2N2O2S. The van der Waals surface area contributed by atoms with Crippen LogP contribution < -0.4 is 4.90 Å². The Kier molecular flexibility index (Phi) is 3.47. The predicted octanol–water partition coefficient (Wildman–Crippen LogP) is 2.35. The number of carbonyl (C=O) groups is 2. The highest BCUT2D eigenvalue weighted by Gasteiger charge is 2.22. The van der Waals surface area contributed by atoms with Crippen molar-refractivity contribution in [2.75, 3.05) is 4.90 Å². The fourth-order valence-corrected chi connectivity index (χ4v) is 2.21. The molecule has 1 heterocycles. The third-order valence-electron chi connectivity index (χ3n) is 1.39. The molecule has 14 heavy (non-hydrogen) atoms. The first-order chi connectivity index (χ1) is 6.43. The van der Waals surface area contributed by atoms with E-state index in [1.54, 1.807) is 0 Å². The number of imide groups is 1. The van der Waals surface area contributed by atoms with Gasteiger partial charge in [-0.05, 0) is 0 Å². The molecule has 0 spiro atoms. The zero-order valence-corrected chi connectivity index (χ0v) is 9.70. The number of amides is 2. The molecule has 0 aliphatic carbocycles. The van der Waals surface area contributed by atoms with Gasteiger partial charge in [-0.1, -0.05) is 34.5 Å². The van der Waals surface area contributed by atoms with Gasteiger partial charge in [0.05, 0.1) is 0 Å². The molecule has 0 fully saturated rings. The number of hydrogen-bond acceptors (Lipinski definition) is 4. The zero-order valence-electron chi connectivity index (χ0n) is 7.38. The summed E-state index contributed by atoms with van der Waals surface area (Å²) in [6.45, 7) is 2.51. The van der Waals surface area contributed by atoms with Crippen molar-refractivity contribution in [2.24, 2.45) is 0 Å². The van der Waals surface area contributed by atoms with Gasteiger partial charge in [0.25, 0.3) is 0 Å². The predicted molar refractivity (Wildman–Crippen MR) is 56.0 cm³/mol. The lowest BCUT2D eigenvalue weighted by atomic mass is 10.5. The number of hydrogen-bond donors (Lipinski definition) is 0. The molecule has 0 saturated carbocycles. The van der Waals surface area contributed by atoms with E-state index in [-0.39, 0.29) is 14.6 Å². The number of halogens is 2. The molecule has 1 aromatic heterocycles. The maximum atomic E-state index is 11.1. The van der Waals surface area contributed by atoms with Crippen molar-refractivity contribution in [1.82, 2.24) is 4.98 Å². The second-order valence-electron chi connectivity index (χ2n) is 2.44. The summed E-state index contributed by atoms with van der Waals surface area (Å²) in [4.78, 5) is 26.9. The lowest BCUT2D eigenvalue weighted by Crippen LogP contribution is -2.33. The molecule has 0 saturated heterocycles. The highest BCUT2D eigenvalue weighted by Crippen LogP contribution is 2.34. The minimum absolute atomic E-state index is 0.0988. The highest BCUT2D eigenvalue weighted by molar-refractivity contribution is 7.20. The molecule has 1 aromatic rings. The summed E-state index contributed by atoms with van der Waals surface area (Å²) < 4.78 is 0.415. The Bertz CT molecular complexity index is 377. The maximum Gasteiger partial charge on any atom is 0.231 e. The molecular weight excluding hydrogens is 247 g/mol. The monoisotopic (exact) mass is 252 g/mol. The van der Waals surface area contributed by atoms with Crippen LogP contribution in [0.2, 0.25) is 8.80 Å². The van der Waals surface area contributed by atoms with Gasteiger partial charge in [0.15, 0.2) is 10.3 Å². The van der Waals surface area contributed by atoms with Gasteiger partial charge in [0.2, 0.25) is 11.8 Å². The van der Waals surface area contributed by atoms with Gasteiger partial charge in [-0.15, -0.1) is 0 Å². The van der Waals surface area contributed by atoms with E-state index in [9.17, 15) is 9.59 Å². The smallest absolute Gasteiger partial charge is 0.231 e. The molecule has 0 bridgehead atoms.